The third-order valence-corrected chi connectivity index (χ3v) is 5.12. The second-order valence-corrected chi connectivity index (χ2v) is 7.35. The Morgan fingerprint density at radius 1 is 0.966 bits per heavy atom. The Balaban J connectivity index is 1.39. The summed E-state index contributed by atoms with van der Waals surface area (Å²) in [6.45, 7) is 5.34. The van der Waals surface area contributed by atoms with Crippen molar-refractivity contribution in [2.45, 2.75) is 32.4 Å². The lowest BCUT2D eigenvalue weighted by molar-refractivity contribution is -0.159. The quantitative estimate of drug-likeness (QED) is 0.673. The zero-order valence-corrected chi connectivity index (χ0v) is 16.7. The lowest BCUT2D eigenvalue weighted by Crippen LogP contribution is -2.51. The molecule has 2 aromatic rings. The molecule has 1 heterocycles. The summed E-state index contributed by atoms with van der Waals surface area (Å²) in [7, 11) is 0. The van der Waals surface area contributed by atoms with Crippen molar-refractivity contribution in [2.75, 3.05) is 26.2 Å². The van der Waals surface area contributed by atoms with Gasteiger partial charge in [0.05, 0.1) is 0 Å². The van der Waals surface area contributed by atoms with E-state index in [0.29, 0.717) is 19.5 Å². The van der Waals surface area contributed by atoms with Crippen LogP contribution in [0, 0.1) is 5.82 Å². The summed E-state index contributed by atoms with van der Waals surface area (Å²) < 4.78 is 18.2. The summed E-state index contributed by atoms with van der Waals surface area (Å²) in [6.07, 6.45) is -0.178. The number of carbonyl (C=O) groups is 2. The van der Waals surface area contributed by atoms with Crippen LogP contribution >= 0.6 is 0 Å². The number of esters is 1. The molecule has 154 valence electrons. The standard InChI is InChI=1S/C23H27FN2O3/c1-18(29-22(27)12-9-19-7-10-21(24)11-8-19)23(28)26-15-13-25(14-16-26)17-20-5-3-2-4-6-20/h2-8,10-11,18H,9,12-17H2,1H3. The average molecular weight is 398 g/mol. The molecule has 0 aromatic heterocycles. The molecule has 1 unspecified atom stereocenters. The van der Waals surface area contributed by atoms with Crippen LogP contribution in [0.3, 0.4) is 0 Å². The summed E-state index contributed by atoms with van der Waals surface area (Å²) in [6, 6.07) is 16.3. The second-order valence-electron chi connectivity index (χ2n) is 7.35. The number of benzene rings is 2. The number of hydrogen-bond acceptors (Lipinski definition) is 4. The molecule has 0 spiro atoms. The van der Waals surface area contributed by atoms with Gasteiger partial charge in [-0.25, -0.2) is 4.39 Å². The molecule has 0 N–H and O–H groups in total. The first-order chi connectivity index (χ1) is 14.0. The first kappa shape index (κ1) is 21.0. The fourth-order valence-corrected chi connectivity index (χ4v) is 3.43. The van der Waals surface area contributed by atoms with Gasteiger partial charge in [-0.2, -0.15) is 0 Å². The van der Waals surface area contributed by atoms with Crippen LogP contribution in [0.25, 0.3) is 0 Å². The van der Waals surface area contributed by atoms with E-state index in [9.17, 15) is 14.0 Å². The maximum Gasteiger partial charge on any atom is 0.306 e. The molecular weight excluding hydrogens is 371 g/mol. The van der Waals surface area contributed by atoms with Gasteiger partial charge in [-0.15, -0.1) is 0 Å². The zero-order chi connectivity index (χ0) is 20.6. The van der Waals surface area contributed by atoms with Crippen molar-refractivity contribution in [1.82, 2.24) is 9.80 Å². The van der Waals surface area contributed by atoms with Crippen molar-refractivity contribution in [2.24, 2.45) is 0 Å². The van der Waals surface area contributed by atoms with E-state index in [2.05, 4.69) is 17.0 Å². The van der Waals surface area contributed by atoms with Gasteiger partial charge in [-0.3, -0.25) is 14.5 Å². The maximum absolute atomic E-state index is 12.9. The minimum atomic E-state index is -0.795. The van der Waals surface area contributed by atoms with Crippen LogP contribution in [0.5, 0.6) is 0 Å². The largest absolute Gasteiger partial charge is 0.453 e. The molecule has 0 radical (unpaired) electrons. The van der Waals surface area contributed by atoms with Gasteiger partial charge in [0.25, 0.3) is 5.91 Å². The van der Waals surface area contributed by atoms with Crippen molar-refractivity contribution in [3.8, 4) is 0 Å². The van der Waals surface area contributed by atoms with Gasteiger partial charge in [0.1, 0.15) is 5.82 Å². The van der Waals surface area contributed by atoms with E-state index in [0.717, 1.165) is 25.2 Å². The molecule has 5 nitrogen and oxygen atoms in total. The Bertz CT molecular complexity index is 803. The molecular formula is C23H27FN2O3. The Labute approximate surface area is 171 Å². The number of aryl methyl sites for hydroxylation is 1. The van der Waals surface area contributed by atoms with Crippen LogP contribution in [0.15, 0.2) is 54.6 Å². The number of amides is 1. The molecule has 1 aliphatic heterocycles. The normalized spacial score (nSPS) is 15.7. The van der Waals surface area contributed by atoms with E-state index >= 15 is 0 Å². The summed E-state index contributed by atoms with van der Waals surface area (Å²) >= 11 is 0. The zero-order valence-electron chi connectivity index (χ0n) is 16.7. The molecule has 0 aliphatic carbocycles. The summed E-state index contributed by atoms with van der Waals surface area (Å²) in [4.78, 5) is 28.7. The number of hydrogen-bond donors (Lipinski definition) is 0. The number of ether oxygens (including phenoxy) is 1. The molecule has 0 saturated carbocycles. The summed E-state index contributed by atoms with van der Waals surface area (Å²) in [5.41, 5.74) is 2.12. The van der Waals surface area contributed by atoms with Crippen molar-refractivity contribution < 1.29 is 18.7 Å². The van der Waals surface area contributed by atoms with Crippen LogP contribution in [0.2, 0.25) is 0 Å². The fraction of sp³-hybridized carbons (Fsp3) is 0.391. The van der Waals surface area contributed by atoms with Crippen LogP contribution in [0.1, 0.15) is 24.5 Å². The lowest BCUT2D eigenvalue weighted by Gasteiger charge is -2.35. The predicted octanol–water partition coefficient (Wildman–Crippen LogP) is 3.03. The second kappa shape index (κ2) is 10.2. The highest BCUT2D eigenvalue weighted by Crippen LogP contribution is 2.11. The Morgan fingerprint density at radius 3 is 2.28 bits per heavy atom. The van der Waals surface area contributed by atoms with Gasteiger partial charge in [-0.1, -0.05) is 42.5 Å². The SMILES string of the molecule is CC(OC(=O)CCc1ccc(F)cc1)C(=O)N1CCN(Cc2ccccc2)CC1. The summed E-state index contributed by atoms with van der Waals surface area (Å²) in [5.74, 6) is -0.878. The van der Waals surface area contributed by atoms with E-state index in [4.69, 9.17) is 4.74 Å². The van der Waals surface area contributed by atoms with Gasteiger partial charge in [0, 0.05) is 39.1 Å². The van der Waals surface area contributed by atoms with Gasteiger partial charge in [0.15, 0.2) is 6.10 Å². The van der Waals surface area contributed by atoms with E-state index in [1.54, 1.807) is 24.0 Å². The van der Waals surface area contributed by atoms with Gasteiger partial charge in [0.2, 0.25) is 0 Å². The van der Waals surface area contributed by atoms with Crippen molar-refractivity contribution in [1.29, 1.82) is 0 Å². The Kier molecular flexibility index (Phi) is 7.36. The molecule has 3 rings (SSSR count). The molecule has 1 fully saturated rings. The minimum Gasteiger partial charge on any atom is -0.453 e. The molecule has 1 aliphatic rings. The lowest BCUT2D eigenvalue weighted by atomic mass is 10.1. The maximum atomic E-state index is 12.9. The van der Waals surface area contributed by atoms with Crippen LogP contribution in [0.4, 0.5) is 4.39 Å². The molecule has 29 heavy (non-hydrogen) atoms. The van der Waals surface area contributed by atoms with E-state index < -0.39 is 12.1 Å². The van der Waals surface area contributed by atoms with Crippen LogP contribution in [-0.2, 0) is 27.3 Å². The van der Waals surface area contributed by atoms with Crippen LogP contribution in [-0.4, -0.2) is 54.0 Å². The van der Waals surface area contributed by atoms with E-state index in [-0.39, 0.29) is 18.1 Å². The van der Waals surface area contributed by atoms with Crippen molar-refractivity contribution in [3.05, 3.63) is 71.5 Å². The highest BCUT2D eigenvalue weighted by Gasteiger charge is 2.27. The van der Waals surface area contributed by atoms with Gasteiger partial charge < -0.3 is 9.64 Å². The van der Waals surface area contributed by atoms with E-state index in [1.165, 1.54) is 17.7 Å². The number of piperazine rings is 1. The van der Waals surface area contributed by atoms with Gasteiger partial charge >= 0.3 is 5.97 Å². The summed E-state index contributed by atoms with van der Waals surface area (Å²) in [5, 5.41) is 0. The monoisotopic (exact) mass is 398 g/mol. The Morgan fingerprint density at radius 2 is 1.62 bits per heavy atom. The van der Waals surface area contributed by atoms with Crippen molar-refractivity contribution in [3.63, 3.8) is 0 Å². The first-order valence-corrected chi connectivity index (χ1v) is 10.0. The first-order valence-electron chi connectivity index (χ1n) is 10.0. The minimum absolute atomic E-state index is 0.153. The number of carbonyl (C=O) groups excluding carboxylic acids is 2. The number of nitrogens with zero attached hydrogens (tertiary/aromatic N) is 2. The molecule has 1 atom stereocenters. The topological polar surface area (TPSA) is 49.9 Å². The molecule has 1 amide bonds. The average Bonchev–Trinajstić information content (AvgIpc) is 2.74. The number of rotatable bonds is 7. The number of halogens is 1. The van der Waals surface area contributed by atoms with Gasteiger partial charge in [-0.05, 0) is 36.6 Å². The molecule has 2 aromatic carbocycles. The Hall–Kier alpha value is -2.73. The smallest absolute Gasteiger partial charge is 0.306 e. The highest BCUT2D eigenvalue weighted by molar-refractivity contribution is 5.83. The van der Waals surface area contributed by atoms with Crippen molar-refractivity contribution >= 4 is 11.9 Å². The molecule has 0 bridgehead atoms. The third-order valence-electron chi connectivity index (χ3n) is 5.12. The highest BCUT2D eigenvalue weighted by atomic mass is 19.1. The van der Waals surface area contributed by atoms with E-state index in [1.807, 2.05) is 18.2 Å². The molecule has 1 saturated heterocycles. The third kappa shape index (κ3) is 6.39. The van der Waals surface area contributed by atoms with Crippen LogP contribution < -0.4 is 0 Å². The fourth-order valence-electron chi connectivity index (χ4n) is 3.43. The molecule has 6 heteroatoms. The predicted molar refractivity (Wildman–Crippen MR) is 109 cm³/mol.